The first kappa shape index (κ1) is 19.5. The molecule has 0 aliphatic carbocycles. The van der Waals surface area contributed by atoms with Crippen LogP contribution in [0.4, 0.5) is 16.2 Å². The van der Waals surface area contributed by atoms with Crippen molar-refractivity contribution in [2.75, 3.05) is 32.1 Å². The molecule has 2 aliphatic heterocycles. The third kappa shape index (κ3) is 3.86. The van der Waals surface area contributed by atoms with Crippen LogP contribution in [-0.4, -0.2) is 61.0 Å². The number of nitro benzene ring substituents is 1. The van der Waals surface area contributed by atoms with Crippen molar-refractivity contribution in [1.29, 1.82) is 0 Å². The van der Waals surface area contributed by atoms with Gasteiger partial charge in [0.2, 0.25) is 0 Å². The molecule has 2 fully saturated rings. The van der Waals surface area contributed by atoms with Crippen molar-refractivity contribution in [3.8, 4) is 0 Å². The van der Waals surface area contributed by atoms with E-state index in [0.717, 1.165) is 17.7 Å². The van der Waals surface area contributed by atoms with Crippen LogP contribution >= 0.6 is 0 Å². The van der Waals surface area contributed by atoms with Gasteiger partial charge in [0, 0.05) is 26.8 Å². The number of barbiturate groups is 1. The Bertz CT molecular complexity index is 873. The van der Waals surface area contributed by atoms with E-state index in [-0.39, 0.29) is 23.9 Å². The third-order valence-electron chi connectivity index (χ3n) is 4.58. The molecule has 10 heteroatoms. The van der Waals surface area contributed by atoms with E-state index in [1.54, 1.807) is 25.1 Å². The second-order valence-electron chi connectivity index (χ2n) is 6.77. The standard InChI is InChI=1S/C18H20N4O6/c1-20(2)14-6-5-11(9-15(14)22(26)27)8-13-16(23)19-18(25)21(17(13)24)10-12-4-3-7-28-12/h5-6,8-9,12H,3-4,7,10H2,1-2H3,(H,19,23,25)/b13-8+/t12-/m0/s1. The van der Waals surface area contributed by atoms with Crippen LogP contribution in [0, 0.1) is 10.1 Å². The normalized spacial score (nSPS) is 21.2. The maximum Gasteiger partial charge on any atom is 0.331 e. The Balaban J connectivity index is 1.92. The molecule has 0 saturated carbocycles. The van der Waals surface area contributed by atoms with Crippen LogP contribution in [-0.2, 0) is 14.3 Å². The highest BCUT2D eigenvalue weighted by atomic mass is 16.6. The molecule has 2 heterocycles. The number of nitrogens with zero attached hydrogens (tertiary/aromatic N) is 3. The molecule has 1 atom stereocenters. The van der Waals surface area contributed by atoms with Gasteiger partial charge in [-0.25, -0.2) is 4.79 Å². The molecular weight excluding hydrogens is 368 g/mol. The molecule has 148 valence electrons. The minimum Gasteiger partial charge on any atom is -0.376 e. The van der Waals surface area contributed by atoms with Crippen molar-refractivity contribution in [1.82, 2.24) is 10.2 Å². The summed E-state index contributed by atoms with van der Waals surface area (Å²) >= 11 is 0. The van der Waals surface area contributed by atoms with Crippen molar-refractivity contribution < 1.29 is 24.0 Å². The first-order valence-corrected chi connectivity index (χ1v) is 8.74. The van der Waals surface area contributed by atoms with Crippen LogP contribution in [0.1, 0.15) is 18.4 Å². The lowest BCUT2D eigenvalue weighted by molar-refractivity contribution is -0.384. The molecule has 0 bridgehead atoms. The van der Waals surface area contributed by atoms with E-state index in [2.05, 4.69) is 5.32 Å². The molecule has 3 rings (SSSR count). The predicted molar refractivity (Wildman–Crippen MR) is 99.6 cm³/mol. The highest BCUT2D eigenvalue weighted by Crippen LogP contribution is 2.29. The van der Waals surface area contributed by atoms with Crippen molar-refractivity contribution in [2.45, 2.75) is 18.9 Å². The van der Waals surface area contributed by atoms with Crippen molar-refractivity contribution >= 4 is 35.3 Å². The molecule has 0 radical (unpaired) electrons. The number of benzene rings is 1. The summed E-state index contributed by atoms with van der Waals surface area (Å²) in [7, 11) is 3.35. The Morgan fingerprint density at radius 2 is 2.11 bits per heavy atom. The quantitative estimate of drug-likeness (QED) is 0.349. The van der Waals surface area contributed by atoms with Crippen molar-refractivity contribution in [3.05, 3.63) is 39.4 Å². The van der Waals surface area contributed by atoms with Crippen LogP contribution in [0.15, 0.2) is 23.8 Å². The van der Waals surface area contributed by atoms with Gasteiger partial charge in [-0.3, -0.25) is 29.9 Å². The van der Waals surface area contributed by atoms with Gasteiger partial charge in [0.25, 0.3) is 17.5 Å². The number of hydrogen-bond acceptors (Lipinski definition) is 7. The Morgan fingerprint density at radius 1 is 1.36 bits per heavy atom. The van der Waals surface area contributed by atoms with Gasteiger partial charge in [-0.2, -0.15) is 0 Å². The number of urea groups is 1. The van der Waals surface area contributed by atoms with Crippen LogP contribution < -0.4 is 10.2 Å². The molecule has 0 spiro atoms. The predicted octanol–water partition coefficient (Wildman–Crippen LogP) is 1.30. The van der Waals surface area contributed by atoms with E-state index in [0.29, 0.717) is 17.9 Å². The zero-order valence-corrected chi connectivity index (χ0v) is 15.5. The average molecular weight is 388 g/mol. The van der Waals surface area contributed by atoms with E-state index < -0.39 is 22.8 Å². The van der Waals surface area contributed by atoms with E-state index in [9.17, 15) is 24.5 Å². The highest BCUT2D eigenvalue weighted by molar-refractivity contribution is 6.31. The molecule has 4 amide bonds. The minimum atomic E-state index is -0.835. The second kappa shape index (κ2) is 7.77. The monoisotopic (exact) mass is 388 g/mol. The molecule has 28 heavy (non-hydrogen) atoms. The van der Waals surface area contributed by atoms with Crippen molar-refractivity contribution in [3.63, 3.8) is 0 Å². The van der Waals surface area contributed by atoms with Crippen LogP contribution in [0.3, 0.4) is 0 Å². The number of rotatable bonds is 5. The largest absolute Gasteiger partial charge is 0.376 e. The summed E-state index contributed by atoms with van der Waals surface area (Å²) < 4.78 is 5.45. The topological polar surface area (TPSA) is 122 Å². The van der Waals surface area contributed by atoms with Gasteiger partial charge in [0.1, 0.15) is 11.3 Å². The molecule has 1 N–H and O–H groups in total. The van der Waals surface area contributed by atoms with Gasteiger partial charge in [-0.15, -0.1) is 0 Å². The Morgan fingerprint density at radius 3 is 2.71 bits per heavy atom. The number of carbonyl (C=O) groups is 3. The number of carbonyl (C=O) groups excluding carboxylic acids is 3. The summed E-state index contributed by atoms with van der Waals surface area (Å²) in [4.78, 5) is 50.3. The molecular formula is C18H20N4O6. The Labute approximate surface area is 160 Å². The summed E-state index contributed by atoms with van der Waals surface area (Å²) in [5.74, 6) is -1.58. The fraction of sp³-hybridized carbons (Fsp3) is 0.389. The van der Waals surface area contributed by atoms with Crippen LogP contribution in [0.2, 0.25) is 0 Å². The van der Waals surface area contributed by atoms with Gasteiger partial charge in [-0.1, -0.05) is 6.07 Å². The molecule has 2 saturated heterocycles. The first-order chi connectivity index (χ1) is 13.3. The van der Waals surface area contributed by atoms with Gasteiger partial charge in [-0.05, 0) is 30.5 Å². The smallest absolute Gasteiger partial charge is 0.331 e. The summed E-state index contributed by atoms with van der Waals surface area (Å²) in [5, 5.41) is 13.5. The number of nitrogens with one attached hydrogen (secondary N) is 1. The lowest BCUT2D eigenvalue weighted by Gasteiger charge is -2.28. The maximum absolute atomic E-state index is 12.7. The Kier molecular flexibility index (Phi) is 5.41. The maximum atomic E-state index is 12.7. The van der Waals surface area contributed by atoms with Gasteiger partial charge in [0.05, 0.1) is 17.6 Å². The van der Waals surface area contributed by atoms with Gasteiger partial charge in [0.15, 0.2) is 0 Å². The van der Waals surface area contributed by atoms with E-state index >= 15 is 0 Å². The highest BCUT2D eigenvalue weighted by Gasteiger charge is 2.37. The van der Waals surface area contributed by atoms with Crippen LogP contribution in [0.25, 0.3) is 6.08 Å². The fourth-order valence-corrected chi connectivity index (χ4v) is 3.17. The Hall–Kier alpha value is -3.27. The average Bonchev–Trinajstić information content (AvgIpc) is 3.15. The number of nitro groups is 1. The molecule has 0 aromatic heterocycles. The van der Waals surface area contributed by atoms with E-state index in [4.69, 9.17) is 4.74 Å². The van der Waals surface area contributed by atoms with Gasteiger partial charge < -0.3 is 9.64 Å². The number of ether oxygens (including phenoxy) is 1. The summed E-state index contributed by atoms with van der Waals surface area (Å²) in [5.41, 5.74) is 0.281. The molecule has 0 unspecified atom stereocenters. The molecule has 2 aliphatic rings. The number of hydrogen-bond donors (Lipinski definition) is 1. The lowest BCUT2D eigenvalue weighted by atomic mass is 10.1. The van der Waals surface area contributed by atoms with E-state index in [1.165, 1.54) is 18.2 Å². The zero-order chi connectivity index (χ0) is 20.4. The van der Waals surface area contributed by atoms with E-state index in [1.807, 2.05) is 0 Å². The second-order valence-corrected chi connectivity index (χ2v) is 6.77. The SMILES string of the molecule is CN(C)c1ccc(/C=C2\C(=O)NC(=O)N(C[C@@H]3CCCO3)C2=O)cc1[N+](=O)[O-]. The third-order valence-corrected chi connectivity index (χ3v) is 4.58. The number of anilines is 1. The minimum absolute atomic E-state index is 0.0506. The van der Waals surface area contributed by atoms with Crippen molar-refractivity contribution in [2.24, 2.45) is 0 Å². The lowest BCUT2D eigenvalue weighted by Crippen LogP contribution is -2.55. The summed E-state index contributed by atoms with van der Waals surface area (Å²) in [6.07, 6.45) is 2.56. The van der Waals surface area contributed by atoms with Gasteiger partial charge >= 0.3 is 6.03 Å². The number of amides is 4. The summed E-state index contributed by atoms with van der Waals surface area (Å²) in [6.45, 7) is 0.618. The first-order valence-electron chi connectivity index (χ1n) is 8.74. The molecule has 1 aromatic carbocycles. The summed E-state index contributed by atoms with van der Waals surface area (Å²) in [6, 6.07) is 3.59. The number of imide groups is 2. The molecule has 1 aromatic rings. The molecule has 10 nitrogen and oxygen atoms in total. The zero-order valence-electron chi connectivity index (χ0n) is 15.5. The fourth-order valence-electron chi connectivity index (χ4n) is 3.17. The van der Waals surface area contributed by atoms with Crippen LogP contribution in [0.5, 0.6) is 0 Å².